The molecule has 2 N–H and O–H groups in total. The molecule has 3 nitrogen and oxygen atoms in total. The molecule has 0 aromatic heterocycles. The maximum atomic E-state index is 9.10. The van der Waals surface area contributed by atoms with Crippen molar-refractivity contribution >= 4 is 17.1 Å². The number of hydrogen-bond donors (Lipinski definition) is 1. The molecule has 3 rings (SSSR count). The van der Waals surface area contributed by atoms with E-state index in [0.29, 0.717) is 17.3 Å². The van der Waals surface area contributed by atoms with Gasteiger partial charge in [-0.05, 0) is 43.2 Å². The first kappa shape index (κ1) is 11.6. The standard InChI is InChI=1S/C16H15N3/c1-11-8-12-4-2-3-5-16(12)19(11)14-6-7-15(18)13(9-14)10-17/h2-7,9,11H,8,18H2,1H3. The Balaban J connectivity index is 2.10. The van der Waals surface area contributed by atoms with E-state index in [1.165, 1.54) is 11.3 Å². The Kier molecular flexibility index (Phi) is 2.64. The molecule has 2 aromatic carbocycles. The largest absolute Gasteiger partial charge is 0.398 e. The molecule has 19 heavy (non-hydrogen) atoms. The number of nitrogens with two attached hydrogens (primary N) is 1. The normalized spacial score (nSPS) is 17.1. The summed E-state index contributed by atoms with van der Waals surface area (Å²) in [7, 11) is 0. The molecule has 0 radical (unpaired) electrons. The van der Waals surface area contributed by atoms with Crippen LogP contribution in [-0.4, -0.2) is 6.04 Å². The van der Waals surface area contributed by atoms with Crippen molar-refractivity contribution in [3.05, 3.63) is 53.6 Å². The SMILES string of the molecule is CC1Cc2ccccc2N1c1ccc(N)c(C#N)c1. The molecular formula is C16H15N3. The van der Waals surface area contributed by atoms with Crippen LogP contribution in [0.2, 0.25) is 0 Å². The number of para-hydroxylation sites is 1. The van der Waals surface area contributed by atoms with Crippen molar-refractivity contribution in [2.45, 2.75) is 19.4 Å². The van der Waals surface area contributed by atoms with Crippen LogP contribution in [0, 0.1) is 11.3 Å². The van der Waals surface area contributed by atoms with Crippen molar-refractivity contribution in [3.63, 3.8) is 0 Å². The zero-order chi connectivity index (χ0) is 13.4. The number of rotatable bonds is 1. The third-order valence-corrected chi connectivity index (χ3v) is 3.64. The number of fused-ring (bicyclic) bond motifs is 1. The average molecular weight is 249 g/mol. The highest BCUT2D eigenvalue weighted by Gasteiger charge is 2.26. The predicted molar refractivity (Wildman–Crippen MR) is 77.3 cm³/mol. The lowest BCUT2D eigenvalue weighted by Crippen LogP contribution is -2.23. The Morgan fingerprint density at radius 3 is 2.84 bits per heavy atom. The molecule has 0 amide bonds. The van der Waals surface area contributed by atoms with Crippen LogP contribution in [0.15, 0.2) is 42.5 Å². The predicted octanol–water partition coefficient (Wildman–Crippen LogP) is 3.22. The van der Waals surface area contributed by atoms with E-state index in [1.54, 1.807) is 0 Å². The number of benzene rings is 2. The molecule has 0 saturated heterocycles. The van der Waals surface area contributed by atoms with Crippen LogP contribution >= 0.6 is 0 Å². The van der Waals surface area contributed by atoms with E-state index in [9.17, 15) is 0 Å². The van der Waals surface area contributed by atoms with Gasteiger partial charge in [-0.25, -0.2) is 0 Å². The Bertz CT molecular complexity index is 670. The van der Waals surface area contributed by atoms with E-state index >= 15 is 0 Å². The molecule has 0 spiro atoms. The lowest BCUT2D eigenvalue weighted by atomic mass is 10.1. The van der Waals surface area contributed by atoms with Gasteiger partial charge < -0.3 is 10.6 Å². The van der Waals surface area contributed by atoms with Gasteiger partial charge in [0.15, 0.2) is 0 Å². The van der Waals surface area contributed by atoms with Gasteiger partial charge in [0.2, 0.25) is 0 Å². The van der Waals surface area contributed by atoms with Gasteiger partial charge in [-0.2, -0.15) is 5.26 Å². The molecule has 1 heterocycles. The molecule has 3 heteroatoms. The van der Waals surface area contributed by atoms with Crippen LogP contribution in [-0.2, 0) is 6.42 Å². The Labute approximate surface area is 112 Å². The molecule has 94 valence electrons. The van der Waals surface area contributed by atoms with E-state index in [0.717, 1.165) is 12.1 Å². The van der Waals surface area contributed by atoms with Gasteiger partial charge in [0.1, 0.15) is 6.07 Å². The minimum atomic E-state index is 0.396. The Hall–Kier alpha value is -2.47. The first-order valence-electron chi connectivity index (χ1n) is 6.37. The summed E-state index contributed by atoms with van der Waals surface area (Å²) in [5, 5.41) is 9.10. The molecule has 1 aliphatic heterocycles. The lowest BCUT2D eigenvalue weighted by molar-refractivity contribution is 0.759. The van der Waals surface area contributed by atoms with Gasteiger partial charge in [-0.15, -0.1) is 0 Å². The lowest BCUT2D eigenvalue weighted by Gasteiger charge is -2.25. The maximum absolute atomic E-state index is 9.10. The summed E-state index contributed by atoms with van der Waals surface area (Å²) in [5.41, 5.74) is 10.5. The smallest absolute Gasteiger partial charge is 0.101 e. The summed E-state index contributed by atoms with van der Waals surface area (Å²) < 4.78 is 0. The summed E-state index contributed by atoms with van der Waals surface area (Å²) in [6.07, 6.45) is 1.03. The fraction of sp³-hybridized carbons (Fsp3) is 0.188. The Morgan fingerprint density at radius 1 is 1.26 bits per heavy atom. The minimum Gasteiger partial charge on any atom is -0.398 e. The zero-order valence-electron chi connectivity index (χ0n) is 10.8. The van der Waals surface area contributed by atoms with Crippen molar-refractivity contribution in [2.75, 3.05) is 10.6 Å². The van der Waals surface area contributed by atoms with Crippen LogP contribution in [0.1, 0.15) is 18.1 Å². The second-order valence-electron chi connectivity index (χ2n) is 4.94. The highest BCUT2D eigenvalue weighted by molar-refractivity contribution is 5.74. The van der Waals surface area contributed by atoms with Gasteiger partial charge in [0.25, 0.3) is 0 Å². The number of hydrogen-bond acceptors (Lipinski definition) is 3. The second-order valence-corrected chi connectivity index (χ2v) is 4.94. The first-order chi connectivity index (χ1) is 9.20. The second kappa shape index (κ2) is 4.33. The van der Waals surface area contributed by atoms with Gasteiger partial charge in [-0.3, -0.25) is 0 Å². The summed E-state index contributed by atoms with van der Waals surface area (Å²) in [6, 6.07) is 16.6. The number of nitrogen functional groups attached to an aromatic ring is 1. The fourth-order valence-corrected chi connectivity index (χ4v) is 2.75. The molecule has 0 fully saturated rings. The molecule has 1 aliphatic rings. The first-order valence-corrected chi connectivity index (χ1v) is 6.37. The molecule has 0 saturated carbocycles. The third-order valence-electron chi connectivity index (χ3n) is 3.64. The molecule has 0 aliphatic carbocycles. The average Bonchev–Trinajstić information content (AvgIpc) is 2.75. The molecule has 0 bridgehead atoms. The van der Waals surface area contributed by atoms with E-state index in [2.05, 4.69) is 36.1 Å². The van der Waals surface area contributed by atoms with Crippen molar-refractivity contribution in [3.8, 4) is 6.07 Å². The molecule has 2 aromatic rings. The van der Waals surface area contributed by atoms with Crippen LogP contribution in [0.3, 0.4) is 0 Å². The van der Waals surface area contributed by atoms with E-state index in [4.69, 9.17) is 11.0 Å². The highest BCUT2D eigenvalue weighted by Crippen LogP contribution is 2.38. The topological polar surface area (TPSA) is 53.0 Å². The van der Waals surface area contributed by atoms with Crippen LogP contribution < -0.4 is 10.6 Å². The fourth-order valence-electron chi connectivity index (χ4n) is 2.75. The van der Waals surface area contributed by atoms with E-state index in [-0.39, 0.29) is 0 Å². The molecule has 1 atom stereocenters. The van der Waals surface area contributed by atoms with Crippen molar-refractivity contribution < 1.29 is 0 Å². The summed E-state index contributed by atoms with van der Waals surface area (Å²) in [4.78, 5) is 2.27. The van der Waals surface area contributed by atoms with Crippen LogP contribution in [0.25, 0.3) is 0 Å². The summed E-state index contributed by atoms with van der Waals surface area (Å²) in [6.45, 7) is 2.20. The van der Waals surface area contributed by atoms with Crippen molar-refractivity contribution in [2.24, 2.45) is 0 Å². The number of anilines is 3. The van der Waals surface area contributed by atoms with Crippen LogP contribution in [0.5, 0.6) is 0 Å². The monoisotopic (exact) mass is 249 g/mol. The van der Waals surface area contributed by atoms with E-state index in [1.807, 2.05) is 24.3 Å². The third kappa shape index (κ3) is 1.82. The highest BCUT2D eigenvalue weighted by atomic mass is 15.2. The van der Waals surface area contributed by atoms with Gasteiger partial charge in [-0.1, -0.05) is 18.2 Å². The van der Waals surface area contributed by atoms with Crippen molar-refractivity contribution in [1.82, 2.24) is 0 Å². The number of nitrogens with zero attached hydrogens (tertiary/aromatic N) is 2. The Morgan fingerprint density at radius 2 is 2.05 bits per heavy atom. The van der Waals surface area contributed by atoms with Crippen molar-refractivity contribution in [1.29, 1.82) is 5.26 Å². The summed E-state index contributed by atoms with van der Waals surface area (Å²) in [5.74, 6) is 0. The maximum Gasteiger partial charge on any atom is 0.101 e. The van der Waals surface area contributed by atoms with Gasteiger partial charge >= 0.3 is 0 Å². The quantitative estimate of drug-likeness (QED) is 0.789. The molecular weight excluding hydrogens is 234 g/mol. The molecule has 1 unspecified atom stereocenters. The zero-order valence-corrected chi connectivity index (χ0v) is 10.8. The summed E-state index contributed by atoms with van der Waals surface area (Å²) >= 11 is 0. The van der Waals surface area contributed by atoms with Gasteiger partial charge in [0, 0.05) is 23.1 Å². The van der Waals surface area contributed by atoms with E-state index < -0.39 is 0 Å². The number of nitriles is 1. The van der Waals surface area contributed by atoms with Crippen LogP contribution in [0.4, 0.5) is 17.1 Å². The minimum absolute atomic E-state index is 0.396. The van der Waals surface area contributed by atoms with Gasteiger partial charge in [0.05, 0.1) is 5.56 Å².